The molecule has 2 fully saturated rings. The third kappa shape index (κ3) is 4.72. The molecule has 4 unspecified atom stereocenters. The Kier molecular flexibility index (Phi) is 6.33. The molecular formula is C19H38INOS. The largest absolute Gasteiger partial charge is 0.325 e. The van der Waals surface area contributed by atoms with Crippen LogP contribution in [0.25, 0.3) is 0 Å². The van der Waals surface area contributed by atoms with Crippen molar-refractivity contribution >= 4 is 32.5 Å². The highest BCUT2D eigenvalue weighted by atomic mass is 127. The molecule has 0 aromatic carbocycles. The number of hydrogen-bond acceptors (Lipinski definition) is 2. The number of alkyl halides is 1. The predicted octanol–water partition coefficient (Wildman–Crippen LogP) is 4.91. The summed E-state index contributed by atoms with van der Waals surface area (Å²) in [4.78, 5) is 0. The molecule has 2 nitrogen and oxygen atoms in total. The van der Waals surface area contributed by atoms with Crippen LogP contribution in [0.2, 0.25) is 0 Å². The van der Waals surface area contributed by atoms with Crippen molar-refractivity contribution in [3.8, 4) is 0 Å². The average molecular weight is 455 g/mol. The summed E-state index contributed by atoms with van der Waals surface area (Å²) in [6, 6.07) is 0. The summed E-state index contributed by atoms with van der Waals surface area (Å²) in [5.41, 5.74) is 6.76. The maximum Gasteiger partial charge on any atom is 0.0645 e. The minimum absolute atomic E-state index is 0.165. The van der Waals surface area contributed by atoms with Crippen LogP contribution in [0, 0.1) is 17.3 Å². The Morgan fingerprint density at radius 1 is 1.22 bits per heavy atom. The molecule has 2 aliphatic rings. The van der Waals surface area contributed by atoms with E-state index >= 15 is 0 Å². The zero-order valence-corrected chi connectivity index (χ0v) is 18.8. The van der Waals surface area contributed by atoms with E-state index in [0.29, 0.717) is 14.4 Å². The number of halogens is 1. The highest BCUT2D eigenvalue weighted by molar-refractivity contribution is 14.1. The zero-order valence-electron chi connectivity index (χ0n) is 15.8. The number of hydrogen-bond donors (Lipinski definition) is 2. The number of rotatable bonds is 7. The molecule has 2 aliphatic carbocycles. The molecule has 0 bridgehead atoms. The molecule has 0 radical (unpaired) electrons. The molecule has 0 spiro atoms. The monoisotopic (exact) mass is 455 g/mol. The zero-order chi connectivity index (χ0) is 17.5. The van der Waals surface area contributed by atoms with Crippen LogP contribution < -0.4 is 5.73 Å². The Morgan fingerprint density at radius 3 is 2.26 bits per heavy atom. The van der Waals surface area contributed by atoms with Gasteiger partial charge in [-0.25, -0.2) is 0 Å². The van der Waals surface area contributed by atoms with Crippen molar-refractivity contribution in [2.75, 3.05) is 6.26 Å². The molecule has 0 amide bonds. The first kappa shape index (κ1) is 20.2. The minimum Gasteiger partial charge on any atom is -0.325 e. The lowest BCUT2D eigenvalue weighted by Crippen LogP contribution is -2.55. The maximum absolute atomic E-state index is 13.7. The molecule has 0 heterocycles. The lowest BCUT2D eigenvalue weighted by Gasteiger charge is -2.53. The van der Waals surface area contributed by atoms with Crippen molar-refractivity contribution in [1.29, 1.82) is 0 Å². The van der Waals surface area contributed by atoms with Gasteiger partial charge in [-0.2, -0.15) is 0 Å². The van der Waals surface area contributed by atoms with Gasteiger partial charge in [0.25, 0.3) is 0 Å². The van der Waals surface area contributed by atoms with Crippen molar-refractivity contribution < 1.29 is 4.21 Å². The maximum atomic E-state index is 13.7. The Hall–Kier alpha value is 0.840. The summed E-state index contributed by atoms with van der Waals surface area (Å²) in [5, 5.41) is 0.317. The van der Waals surface area contributed by atoms with Gasteiger partial charge < -0.3 is 5.73 Å². The van der Waals surface area contributed by atoms with Crippen LogP contribution in [0.3, 0.4) is 0 Å². The molecule has 0 saturated heterocycles. The van der Waals surface area contributed by atoms with Gasteiger partial charge in [0.05, 0.1) is 3.26 Å². The normalized spacial score (nSPS) is 37.8. The molecule has 2 saturated carbocycles. The van der Waals surface area contributed by atoms with Gasteiger partial charge in [0.2, 0.25) is 0 Å². The second-order valence-electron chi connectivity index (χ2n) is 9.23. The summed E-state index contributed by atoms with van der Waals surface area (Å²) >= 11 is 2.50. The summed E-state index contributed by atoms with van der Waals surface area (Å²) in [6.07, 6.45) is 11.5. The summed E-state index contributed by atoms with van der Waals surface area (Å²) in [5.74, 6) is 1.55. The smallest absolute Gasteiger partial charge is 0.0645 e. The van der Waals surface area contributed by atoms with E-state index in [9.17, 15) is 4.21 Å². The molecule has 4 heteroatoms. The van der Waals surface area contributed by atoms with Gasteiger partial charge >= 0.3 is 0 Å². The van der Waals surface area contributed by atoms with Gasteiger partial charge in [-0.3, -0.25) is 4.21 Å². The molecule has 2 N–H and O–H groups in total. The van der Waals surface area contributed by atoms with Gasteiger partial charge in [-0.05, 0) is 56.1 Å². The van der Waals surface area contributed by atoms with E-state index in [1.807, 2.05) is 0 Å². The van der Waals surface area contributed by atoms with E-state index in [0.717, 1.165) is 31.6 Å². The second-order valence-corrected chi connectivity index (χ2v) is 15.2. The average Bonchev–Trinajstić information content (AvgIpc) is 3.21. The lowest BCUT2D eigenvalue weighted by molar-refractivity contribution is 0.0713. The molecule has 2 rings (SSSR count). The van der Waals surface area contributed by atoms with Crippen LogP contribution in [-0.2, 0) is 9.93 Å². The Balaban J connectivity index is 2.21. The predicted molar refractivity (Wildman–Crippen MR) is 113 cm³/mol. The molecule has 0 aromatic heterocycles. The highest BCUT2D eigenvalue weighted by Gasteiger charge is 2.48. The van der Waals surface area contributed by atoms with E-state index in [1.165, 1.54) is 25.7 Å². The fourth-order valence-electron chi connectivity index (χ4n) is 5.23. The van der Waals surface area contributed by atoms with Crippen LogP contribution in [-0.4, -0.2) is 24.5 Å². The fraction of sp³-hybridized carbons (Fsp3) is 1.00. The summed E-state index contributed by atoms with van der Waals surface area (Å²) < 4.78 is 14.1. The SMILES string of the molecule is CCC(CC)C1(C)CC([SH](C)(=O)C(I)CC2CC2)CC(C)(N)C1. The Labute approximate surface area is 158 Å². The quantitative estimate of drug-likeness (QED) is 0.326. The summed E-state index contributed by atoms with van der Waals surface area (Å²) in [6.45, 7) is 9.22. The standard InChI is InChI=1S/C19H38INOS/c1-6-15(7-2)18(3)11-16(12-19(4,21)13-18)23(5,22)17(20)10-14-8-9-14/h14-17,23H,6-13,21H2,1-5H3. The van der Waals surface area contributed by atoms with Crippen LogP contribution in [0.4, 0.5) is 0 Å². The van der Waals surface area contributed by atoms with E-state index in [1.54, 1.807) is 0 Å². The lowest BCUT2D eigenvalue weighted by atomic mass is 9.60. The Morgan fingerprint density at radius 2 is 1.78 bits per heavy atom. The third-order valence-electron chi connectivity index (χ3n) is 6.69. The number of nitrogens with two attached hydrogens (primary N) is 1. The van der Waals surface area contributed by atoms with Crippen molar-refractivity contribution in [3.05, 3.63) is 0 Å². The van der Waals surface area contributed by atoms with Gasteiger partial charge in [0.1, 0.15) is 0 Å². The van der Waals surface area contributed by atoms with Gasteiger partial charge in [0.15, 0.2) is 0 Å². The van der Waals surface area contributed by atoms with E-state index in [-0.39, 0.29) is 11.0 Å². The number of thiol groups is 1. The van der Waals surface area contributed by atoms with Gasteiger partial charge in [-0.1, -0.05) is 79.0 Å². The van der Waals surface area contributed by atoms with Crippen molar-refractivity contribution in [3.63, 3.8) is 0 Å². The molecule has 138 valence electrons. The topological polar surface area (TPSA) is 43.1 Å². The molecular weight excluding hydrogens is 417 g/mol. The minimum atomic E-state index is -2.19. The van der Waals surface area contributed by atoms with Gasteiger partial charge in [0, 0.05) is 10.8 Å². The Bertz CT molecular complexity index is 458. The molecule has 23 heavy (non-hydrogen) atoms. The first-order chi connectivity index (χ1) is 10.5. The molecule has 4 atom stereocenters. The first-order valence-electron chi connectivity index (χ1n) is 9.54. The van der Waals surface area contributed by atoms with Crippen LogP contribution >= 0.6 is 22.6 Å². The van der Waals surface area contributed by atoms with E-state index in [2.05, 4.69) is 56.5 Å². The molecule has 0 aromatic rings. The first-order valence-corrected chi connectivity index (χ1v) is 13.1. The van der Waals surface area contributed by atoms with Crippen LogP contribution in [0.1, 0.15) is 79.1 Å². The summed E-state index contributed by atoms with van der Waals surface area (Å²) in [7, 11) is -2.19. The third-order valence-corrected chi connectivity index (χ3v) is 13.7. The molecule has 0 aliphatic heterocycles. The van der Waals surface area contributed by atoms with Gasteiger partial charge in [-0.15, -0.1) is 0 Å². The highest BCUT2D eigenvalue weighted by Crippen LogP contribution is 2.51. The van der Waals surface area contributed by atoms with E-state index < -0.39 is 9.93 Å². The van der Waals surface area contributed by atoms with Crippen LogP contribution in [0.15, 0.2) is 0 Å². The van der Waals surface area contributed by atoms with E-state index in [4.69, 9.17) is 5.73 Å². The fourth-order valence-corrected chi connectivity index (χ4v) is 10.0. The van der Waals surface area contributed by atoms with Crippen molar-refractivity contribution in [1.82, 2.24) is 0 Å². The van der Waals surface area contributed by atoms with Crippen molar-refractivity contribution in [2.45, 2.75) is 93.1 Å². The second kappa shape index (κ2) is 7.22. The van der Waals surface area contributed by atoms with Crippen LogP contribution in [0.5, 0.6) is 0 Å². The van der Waals surface area contributed by atoms with Crippen molar-refractivity contribution in [2.24, 2.45) is 23.0 Å².